The van der Waals surface area contributed by atoms with Crippen LogP contribution in [-0.4, -0.2) is 63.5 Å². The Hall–Kier alpha value is -6.41. The summed E-state index contributed by atoms with van der Waals surface area (Å²) in [5, 5.41) is 7.61. The molecule has 5 atom stereocenters. The molecule has 0 aromatic heterocycles. The van der Waals surface area contributed by atoms with E-state index < -0.39 is 56.9 Å². The van der Waals surface area contributed by atoms with Gasteiger partial charge in [-0.05, 0) is 44.1 Å². The lowest BCUT2D eigenvalue weighted by Crippen LogP contribution is -2.67. The molecule has 12 heteroatoms. The highest BCUT2D eigenvalue weighted by Crippen LogP contribution is 2.38. The van der Waals surface area contributed by atoms with Crippen molar-refractivity contribution in [3.8, 4) is 0 Å². The number of rotatable bonds is 21. The highest BCUT2D eigenvalue weighted by Gasteiger charge is 2.53. The zero-order valence-electron chi connectivity index (χ0n) is 38.3. The fourth-order valence-corrected chi connectivity index (χ4v) is 12.9. The van der Waals surface area contributed by atoms with Crippen molar-refractivity contribution >= 4 is 36.7 Å². The van der Waals surface area contributed by atoms with E-state index in [9.17, 15) is 14.4 Å². The van der Waals surface area contributed by atoms with Gasteiger partial charge in [0.2, 0.25) is 5.91 Å². The predicted octanol–water partition coefficient (Wildman–Crippen LogP) is 8.39. The highest BCUT2D eigenvalue weighted by atomic mass is 28.4. The van der Waals surface area contributed by atoms with Crippen LogP contribution in [0.25, 0.3) is 0 Å². The van der Waals surface area contributed by atoms with Gasteiger partial charge in [-0.25, -0.2) is 9.59 Å². The second-order valence-corrected chi connectivity index (χ2v) is 21.9. The van der Waals surface area contributed by atoms with E-state index >= 15 is 0 Å². The van der Waals surface area contributed by atoms with Crippen molar-refractivity contribution in [1.82, 2.24) is 10.6 Å². The summed E-state index contributed by atoms with van der Waals surface area (Å²) in [5.41, 5.74) is 3.45. The van der Waals surface area contributed by atoms with Crippen LogP contribution < -0.4 is 21.0 Å². The molecule has 0 radical (unpaired) electrons. The van der Waals surface area contributed by atoms with Gasteiger partial charge in [-0.3, -0.25) is 4.79 Å². The number of carbonyl (C=O) groups is 3. The Bertz CT molecular complexity index is 2390. The van der Waals surface area contributed by atoms with Gasteiger partial charge in [-0.2, -0.15) is 0 Å². The summed E-state index contributed by atoms with van der Waals surface area (Å²) in [6.45, 7) is 7.25. The van der Waals surface area contributed by atoms with E-state index in [2.05, 4.69) is 55.7 Å². The van der Waals surface area contributed by atoms with Gasteiger partial charge in [0, 0.05) is 6.42 Å². The van der Waals surface area contributed by atoms with Gasteiger partial charge >= 0.3 is 12.1 Å². The Morgan fingerprint density at radius 3 is 1.45 bits per heavy atom. The van der Waals surface area contributed by atoms with Gasteiger partial charge in [0.1, 0.15) is 37.6 Å². The fraction of sp³-hybridized carbons (Fsp3) is 0.291. The van der Waals surface area contributed by atoms with E-state index in [0.717, 1.165) is 32.6 Å². The predicted molar refractivity (Wildman–Crippen MR) is 259 cm³/mol. The second kappa shape index (κ2) is 23.9. The monoisotopic (exact) mass is 920 g/mol. The van der Waals surface area contributed by atoms with Crippen LogP contribution in [0.3, 0.4) is 0 Å². The van der Waals surface area contributed by atoms with Crippen molar-refractivity contribution in [3.63, 3.8) is 0 Å². The zero-order chi connectivity index (χ0) is 46.9. The third kappa shape index (κ3) is 13.4. The summed E-state index contributed by atoms with van der Waals surface area (Å²) in [5.74, 6) is -1.14. The molecule has 2 amide bonds. The van der Waals surface area contributed by atoms with E-state index in [1.54, 1.807) is 0 Å². The van der Waals surface area contributed by atoms with E-state index in [1.807, 2.05) is 158 Å². The fourth-order valence-electron chi connectivity index (χ4n) is 8.36. The quantitative estimate of drug-likeness (QED) is 0.0540. The van der Waals surface area contributed by atoms with Crippen molar-refractivity contribution in [3.05, 3.63) is 204 Å². The smallest absolute Gasteiger partial charge is 0.408 e. The van der Waals surface area contributed by atoms with Crippen molar-refractivity contribution in [2.24, 2.45) is 0 Å². The number of esters is 1. The maximum absolute atomic E-state index is 14.1. The first kappa shape index (κ1) is 48.5. The number of ether oxygens (including phenoxy) is 5. The number of carbonyl (C=O) groups excluding carboxylic acids is 3. The molecule has 1 heterocycles. The number of amides is 2. The van der Waals surface area contributed by atoms with Crippen LogP contribution in [0.4, 0.5) is 4.79 Å². The first-order chi connectivity index (χ1) is 32.6. The molecule has 1 aliphatic heterocycles. The zero-order valence-corrected chi connectivity index (χ0v) is 39.3. The minimum absolute atomic E-state index is 0.00319. The molecule has 6 aromatic rings. The summed E-state index contributed by atoms with van der Waals surface area (Å²) < 4.78 is 38.8. The SMILES string of the molecule is CC(C)(C)[Si](OC[C@H]1O[C@H](NC(=O)CC[C@H](NC(=O)OCc2ccccc2)C(=O)OCc2ccccc2)[C@H](OCc2ccccc2)[C@@H]1OCc1ccccc1)(c1ccccc1)c1ccccc1. The number of nitrogens with one attached hydrogen (secondary N) is 2. The minimum Gasteiger partial charge on any atom is -0.459 e. The van der Waals surface area contributed by atoms with Crippen LogP contribution in [0, 0.1) is 0 Å². The van der Waals surface area contributed by atoms with E-state index in [-0.39, 0.29) is 50.9 Å². The molecule has 348 valence electrons. The van der Waals surface area contributed by atoms with Crippen molar-refractivity contribution in [2.45, 2.75) is 95.7 Å². The summed E-state index contributed by atoms with van der Waals surface area (Å²) >= 11 is 0. The Labute approximate surface area is 394 Å². The van der Waals surface area contributed by atoms with Gasteiger partial charge in [0.25, 0.3) is 8.32 Å². The summed E-state index contributed by atoms with van der Waals surface area (Å²) in [7, 11) is -3.04. The molecule has 67 heavy (non-hydrogen) atoms. The molecule has 0 unspecified atom stereocenters. The van der Waals surface area contributed by atoms with Crippen molar-refractivity contribution in [1.29, 1.82) is 0 Å². The molecule has 1 aliphatic rings. The van der Waals surface area contributed by atoms with Gasteiger partial charge in [-0.1, -0.05) is 203 Å². The van der Waals surface area contributed by atoms with Crippen LogP contribution in [-0.2, 0) is 64.1 Å². The average molecular weight is 921 g/mol. The third-order valence-corrected chi connectivity index (χ3v) is 16.7. The Balaban J connectivity index is 1.13. The van der Waals surface area contributed by atoms with E-state index in [0.29, 0.717) is 0 Å². The molecule has 6 aromatic carbocycles. The van der Waals surface area contributed by atoms with Crippen LogP contribution in [0.5, 0.6) is 0 Å². The molecule has 11 nitrogen and oxygen atoms in total. The molecule has 0 saturated carbocycles. The average Bonchev–Trinajstić information content (AvgIpc) is 3.68. The number of hydrogen-bond acceptors (Lipinski definition) is 9. The maximum Gasteiger partial charge on any atom is 0.408 e. The van der Waals surface area contributed by atoms with Crippen LogP contribution >= 0.6 is 0 Å². The van der Waals surface area contributed by atoms with Crippen LogP contribution in [0.2, 0.25) is 5.04 Å². The van der Waals surface area contributed by atoms with Gasteiger partial charge < -0.3 is 38.7 Å². The Morgan fingerprint density at radius 1 is 0.567 bits per heavy atom. The Kier molecular flexibility index (Phi) is 17.3. The van der Waals surface area contributed by atoms with Crippen molar-refractivity contribution < 1.29 is 42.5 Å². The number of benzene rings is 6. The normalized spacial score (nSPS) is 17.5. The molecular weight excluding hydrogens is 861 g/mol. The lowest BCUT2D eigenvalue weighted by Gasteiger charge is -2.43. The summed E-state index contributed by atoms with van der Waals surface area (Å²) in [4.78, 5) is 40.8. The summed E-state index contributed by atoms with van der Waals surface area (Å²) in [6, 6.07) is 57.6. The second-order valence-electron chi connectivity index (χ2n) is 17.5. The van der Waals surface area contributed by atoms with Crippen LogP contribution in [0.1, 0.15) is 55.9 Å². The molecule has 0 aliphatic carbocycles. The lowest BCUT2D eigenvalue weighted by molar-refractivity contribution is -0.147. The first-order valence-corrected chi connectivity index (χ1v) is 24.7. The lowest BCUT2D eigenvalue weighted by atomic mass is 10.1. The third-order valence-electron chi connectivity index (χ3n) is 11.7. The standard InChI is InChI=1S/C55H60N2O9Si/c1-55(2,3)67(45-30-18-8-19-31-45,46-32-20-9-21-33-46)65-40-48-50(61-36-41-22-10-4-11-23-41)51(62-37-42-24-12-5-13-25-42)52(66-48)57-49(58)35-34-47(53(59)63-38-43-26-14-6-15-27-43)56-54(60)64-39-44-28-16-7-17-29-44/h4-33,47-48,50-52H,34-40H2,1-3H3,(H,56,60)(H,57,58)/t47-,48+,50+,51+,52-/m0/s1. The molecule has 1 fully saturated rings. The maximum atomic E-state index is 14.1. The number of alkyl carbamates (subject to hydrolysis) is 1. The number of hydrogen-bond donors (Lipinski definition) is 2. The topological polar surface area (TPSA) is 131 Å². The van der Waals surface area contributed by atoms with E-state index in [4.69, 9.17) is 28.1 Å². The molecule has 1 saturated heterocycles. The Morgan fingerprint density at radius 2 is 0.985 bits per heavy atom. The van der Waals surface area contributed by atoms with Crippen molar-refractivity contribution in [2.75, 3.05) is 6.61 Å². The van der Waals surface area contributed by atoms with Crippen LogP contribution in [0.15, 0.2) is 182 Å². The molecule has 2 N–H and O–H groups in total. The minimum atomic E-state index is -3.04. The van der Waals surface area contributed by atoms with Gasteiger partial charge in [0.15, 0.2) is 6.23 Å². The largest absolute Gasteiger partial charge is 0.459 e. The van der Waals surface area contributed by atoms with E-state index in [1.165, 1.54) is 0 Å². The molecule has 0 bridgehead atoms. The highest BCUT2D eigenvalue weighted by molar-refractivity contribution is 6.99. The summed E-state index contributed by atoms with van der Waals surface area (Å²) in [6.07, 6.45) is -4.20. The van der Waals surface area contributed by atoms with Gasteiger partial charge in [-0.15, -0.1) is 0 Å². The van der Waals surface area contributed by atoms with Gasteiger partial charge in [0.05, 0.1) is 19.8 Å². The molecule has 0 spiro atoms. The first-order valence-electron chi connectivity index (χ1n) is 22.8. The molecule has 7 rings (SSSR count). The molecular formula is C55H60N2O9Si.